The average molecular weight is 433 g/mol. The molecule has 32 heavy (non-hydrogen) atoms. The quantitative estimate of drug-likeness (QED) is 0.536. The molecular formula is C27H32N2O3. The Morgan fingerprint density at radius 1 is 1.12 bits per heavy atom. The van der Waals surface area contributed by atoms with E-state index in [1.165, 1.54) is 0 Å². The van der Waals surface area contributed by atoms with Gasteiger partial charge in [-0.1, -0.05) is 56.3 Å². The van der Waals surface area contributed by atoms with E-state index in [9.17, 15) is 9.90 Å². The van der Waals surface area contributed by atoms with Gasteiger partial charge in [-0.25, -0.2) is 0 Å². The van der Waals surface area contributed by atoms with Crippen LogP contribution in [-0.4, -0.2) is 28.8 Å². The first-order valence-electron chi connectivity index (χ1n) is 11.2. The maximum absolute atomic E-state index is 13.0. The van der Waals surface area contributed by atoms with Crippen molar-refractivity contribution in [2.24, 2.45) is 0 Å². The Morgan fingerprint density at radius 2 is 1.84 bits per heavy atom. The first-order valence-corrected chi connectivity index (χ1v) is 11.2. The Labute approximate surface area is 189 Å². The second-order valence-electron chi connectivity index (χ2n) is 9.52. The summed E-state index contributed by atoms with van der Waals surface area (Å²) in [5.74, 6) is 0.665. The van der Waals surface area contributed by atoms with Gasteiger partial charge in [0, 0.05) is 17.3 Å². The zero-order chi connectivity index (χ0) is 23.0. The predicted molar refractivity (Wildman–Crippen MR) is 129 cm³/mol. The fraction of sp³-hybridized carbons (Fsp3) is 0.370. The normalized spacial score (nSPS) is 19.5. The van der Waals surface area contributed by atoms with Crippen LogP contribution in [0.4, 0.5) is 5.69 Å². The molecule has 0 fully saturated rings. The molecule has 3 aromatic rings. The molecule has 1 aliphatic rings. The second-order valence-corrected chi connectivity index (χ2v) is 9.52. The number of carbonyl (C=O) groups is 1. The number of benzene rings is 3. The number of rotatable bonds is 5. The van der Waals surface area contributed by atoms with Crippen LogP contribution < -0.4 is 15.4 Å². The van der Waals surface area contributed by atoms with E-state index >= 15 is 0 Å². The minimum Gasteiger partial charge on any atom is -0.485 e. The van der Waals surface area contributed by atoms with Gasteiger partial charge in [-0.2, -0.15) is 0 Å². The van der Waals surface area contributed by atoms with Gasteiger partial charge in [0.1, 0.15) is 17.5 Å². The van der Waals surface area contributed by atoms with Crippen LogP contribution in [0, 0.1) is 6.92 Å². The van der Waals surface area contributed by atoms with Crippen LogP contribution in [-0.2, 0) is 11.2 Å². The molecule has 0 saturated carbocycles. The van der Waals surface area contributed by atoms with Crippen LogP contribution in [0.25, 0.3) is 10.8 Å². The number of ether oxygens (including phenoxy) is 1. The van der Waals surface area contributed by atoms with Crippen molar-refractivity contribution in [3.8, 4) is 5.75 Å². The Hall–Kier alpha value is -2.89. The van der Waals surface area contributed by atoms with Crippen molar-refractivity contribution in [2.45, 2.75) is 64.8 Å². The number of hydrogen-bond acceptors (Lipinski definition) is 4. The third-order valence-electron chi connectivity index (χ3n) is 6.11. The smallest absolute Gasteiger partial charge is 0.228 e. The number of hydrogen-bond donors (Lipinski definition) is 3. The largest absolute Gasteiger partial charge is 0.485 e. The molecule has 0 unspecified atom stereocenters. The van der Waals surface area contributed by atoms with Crippen molar-refractivity contribution >= 4 is 22.4 Å². The Bertz CT molecular complexity index is 1150. The molecule has 4 rings (SSSR count). The third kappa shape index (κ3) is 4.36. The number of fused-ring (bicyclic) bond motifs is 2. The molecule has 0 bridgehead atoms. The van der Waals surface area contributed by atoms with E-state index < -0.39 is 11.7 Å². The third-order valence-corrected chi connectivity index (χ3v) is 6.11. The minimum atomic E-state index is -0.723. The second kappa shape index (κ2) is 8.57. The summed E-state index contributed by atoms with van der Waals surface area (Å²) in [7, 11) is 0. The van der Waals surface area contributed by atoms with Crippen LogP contribution in [0.1, 0.15) is 50.4 Å². The molecule has 1 amide bonds. The maximum Gasteiger partial charge on any atom is 0.228 e. The number of carbonyl (C=O) groups excluding carboxylic acids is 1. The van der Waals surface area contributed by atoms with Gasteiger partial charge in [-0.3, -0.25) is 4.79 Å². The summed E-state index contributed by atoms with van der Waals surface area (Å²) in [6.45, 7) is 9.85. The van der Waals surface area contributed by atoms with Gasteiger partial charge < -0.3 is 20.5 Å². The number of nitrogens with one attached hydrogen (secondary N) is 2. The van der Waals surface area contributed by atoms with Gasteiger partial charge >= 0.3 is 0 Å². The fourth-order valence-electron chi connectivity index (χ4n) is 4.43. The highest BCUT2D eigenvalue weighted by Gasteiger charge is 2.43. The Morgan fingerprint density at radius 3 is 2.59 bits per heavy atom. The van der Waals surface area contributed by atoms with E-state index in [1.54, 1.807) is 0 Å². The lowest BCUT2D eigenvalue weighted by molar-refractivity contribution is -0.115. The number of amides is 1. The van der Waals surface area contributed by atoms with Crippen LogP contribution in [0.2, 0.25) is 0 Å². The highest BCUT2D eigenvalue weighted by atomic mass is 16.5. The maximum atomic E-state index is 13.0. The lowest BCUT2D eigenvalue weighted by atomic mass is 9.85. The lowest BCUT2D eigenvalue weighted by Crippen LogP contribution is -2.53. The summed E-state index contributed by atoms with van der Waals surface area (Å²) in [6, 6.07) is 17.9. The molecule has 0 radical (unpaired) electrons. The summed E-state index contributed by atoms with van der Waals surface area (Å²) < 4.78 is 6.13. The minimum absolute atomic E-state index is 0.0737. The molecule has 0 saturated heterocycles. The Balaban J connectivity index is 1.62. The summed E-state index contributed by atoms with van der Waals surface area (Å²) in [5.41, 5.74) is 2.80. The molecule has 0 aliphatic carbocycles. The van der Waals surface area contributed by atoms with Crippen molar-refractivity contribution in [3.63, 3.8) is 0 Å². The van der Waals surface area contributed by atoms with Gasteiger partial charge in [0.15, 0.2) is 0 Å². The van der Waals surface area contributed by atoms with Gasteiger partial charge in [0.05, 0.1) is 12.5 Å². The highest BCUT2D eigenvalue weighted by molar-refractivity contribution is 5.96. The molecule has 1 aliphatic heterocycles. The molecular weight excluding hydrogens is 400 g/mol. The van der Waals surface area contributed by atoms with Crippen molar-refractivity contribution in [2.75, 3.05) is 5.32 Å². The van der Waals surface area contributed by atoms with E-state index in [4.69, 9.17) is 4.74 Å². The van der Waals surface area contributed by atoms with Crippen LogP contribution in [0.3, 0.4) is 0 Å². The SMILES string of the molecule is Cc1cc2c(cc1NC(=O)Cc1cccc3ccccc13)[C@H](NC(C)C)[C@@H](O)C(C)(C)O2. The number of anilines is 1. The molecule has 168 valence electrons. The van der Waals surface area contributed by atoms with Crippen LogP contribution in [0.15, 0.2) is 54.6 Å². The van der Waals surface area contributed by atoms with E-state index in [1.807, 2.05) is 63.2 Å². The highest BCUT2D eigenvalue weighted by Crippen LogP contribution is 2.42. The molecule has 3 N–H and O–H groups in total. The van der Waals surface area contributed by atoms with Gasteiger partial charge in [-0.05, 0) is 54.8 Å². The zero-order valence-corrected chi connectivity index (χ0v) is 19.4. The standard InChI is InChI=1S/C27H32N2O3/c1-16(2)28-25-21-15-22(17(3)13-23(21)32-27(4,5)26(25)31)29-24(30)14-19-11-8-10-18-9-6-7-12-20(18)19/h6-13,15-16,25-26,28,31H,14H2,1-5H3,(H,29,30)/t25-,26+/m0/s1. The fourth-order valence-corrected chi connectivity index (χ4v) is 4.43. The number of aliphatic hydroxyl groups excluding tert-OH is 1. The summed E-state index contributed by atoms with van der Waals surface area (Å²) in [6.07, 6.45) is -0.433. The molecule has 1 heterocycles. The van der Waals surface area contributed by atoms with Crippen molar-refractivity contribution in [1.29, 1.82) is 0 Å². The predicted octanol–water partition coefficient (Wildman–Crippen LogP) is 4.90. The van der Waals surface area contributed by atoms with Crippen LogP contribution >= 0.6 is 0 Å². The van der Waals surface area contributed by atoms with Gasteiger partial charge in [0.25, 0.3) is 0 Å². The number of aryl methyl sites for hydroxylation is 1. The summed E-state index contributed by atoms with van der Waals surface area (Å²) in [5, 5.41) is 19.7. The van der Waals surface area contributed by atoms with Gasteiger partial charge in [0.2, 0.25) is 5.91 Å². The topological polar surface area (TPSA) is 70.6 Å². The first kappa shape index (κ1) is 22.3. The lowest BCUT2D eigenvalue weighted by Gasteiger charge is -2.43. The van der Waals surface area contributed by atoms with Crippen molar-refractivity contribution in [1.82, 2.24) is 5.32 Å². The van der Waals surface area contributed by atoms with E-state index in [2.05, 4.69) is 36.6 Å². The Kier molecular flexibility index (Phi) is 5.97. The molecule has 5 heteroatoms. The molecule has 3 aromatic carbocycles. The molecule has 0 aromatic heterocycles. The van der Waals surface area contributed by atoms with Crippen LogP contribution in [0.5, 0.6) is 5.75 Å². The average Bonchev–Trinajstić information content (AvgIpc) is 2.72. The van der Waals surface area contributed by atoms with E-state index in [0.717, 1.165) is 38.9 Å². The summed E-state index contributed by atoms with van der Waals surface area (Å²) >= 11 is 0. The van der Waals surface area contributed by atoms with Gasteiger partial charge in [-0.15, -0.1) is 0 Å². The zero-order valence-electron chi connectivity index (χ0n) is 19.4. The molecule has 0 spiro atoms. The van der Waals surface area contributed by atoms with Crippen molar-refractivity contribution in [3.05, 3.63) is 71.3 Å². The first-order chi connectivity index (χ1) is 15.2. The summed E-state index contributed by atoms with van der Waals surface area (Å²) in [4.78, 5) is 13.0. The number of aliphatic hydroxyl groups is 1. The molecule has 5 nitrogen and oxygen atoms in total. The van der Waals surface area contributed by atoms with E-state index in [0.29, 0.717) is 0 Å². The van der Waals surface area contributed by atoms with E-state index in [-0.39, 0.29) is 24.4 Å². The monoisotopic (exact) mass is 432 g/mol. The van der Waals surface area contributed by atoms with Crippen molar-refractivity contribution < 1.29 is 14.6 Å². The molecule has 2 atom stereocenters.